The Hall–Kier alpha value is -4.17. The monoisotopic (exact) mass is 530 g/mol. The van der Waals surface area contributed by atoms with Gasteiger partial charge in [-0.25, -0.2) is 0 Å². The molecule has 4 aromatic rings. The summed E-state index contributed by atoms with van der Waals surface area (Å²) >= 11 is 9.94. The molecular formula is C26H16BrClN4O2. The Morgan fingerprint density at radius 2 is 1.21 bits per heavy atom. The molecule has 0 saturated carbocycles. The van der Waals surface area contributed by atoms with Crippen LogP contribution in [0.4, 0.5) is 11.4 Å². The second-order valence-electron chi connectivity index (χ2n) is 7.01. The fourth-order valence-electron chi connectivity index (χ4n) is 2.93. The van der Waals surface area contributed by atoms with Crippen molar-refractivity contribution >= 4 is 39.1 Å². The summed E-state index contributed by atoms with van der Waals surface area (Å²) in [5, 5.41) is 17.8. The number of nitrogens with zero attached hydrogens (tertiary/aromatic N) is 3. The maximum absolute atomic E-state index is 8.90. The second-order valence-corrected chi connectivity index (χ2v) is 8.20. The van der Waals surface area contributed by atoms with Gasteiger partial charge in [0.15, 0.2) is 0 Å². The lowest BCUT2D eigenvalue weighted by Gasteiger charge is -2.19. The number of benzene rings is 4. The van der Waals surface area contributed by atoms with E-state index in [-0.39, 0.29) is 0 Å². The number of halogens is 2. The van der Waals surface area contributed by atoms with E-state index in [1.807, 2.05) is 36.4 Å². The lowest BCUT2D eigenvalue weighted by atomic mass is 10.2. The average molecular weight is 532 g/mol. The van der Waals surface area contributed by atoms with E-state index in [1.165, 1.54) is 4.53 Å². The second kappa shape index (κ2) is 10.6. The molecule has 34 heavy (non-hydrogen) atoms. The van der Waals surface area contributed by atoms with Crippen molar-refractivity contribution in [3.8, 4) is 35.1 Å². The summed E-state index contributed by atoms with van der Waals surface area (Å²) < 4.78 is 13.7. The summed E-state index contributed by atoms with van der Waals surface area (Å²) in [5.41, 5.74) is 5.69. The van der Waals surface area contributed by atoms with Crippen LogP contribution in [0.5, 0.6) is 23.0 Å². The molecule has 0 spiro atoms. The fraction of sp³-hybridized carbons (Fsp3) is 0. The van der Waals surface area contributed by atoms with Crippen molar-refractivity contribution < 1.29 is 9.47 Å². The molecule has 0 saturated heterocycles. The van der Waals surface area contributed by atoms with Gasteiger partial charge in [0, 0.05) is 11.8 Å². The van der Waals surface area contributed by atoms with Crippen LogP contribution < -0.4 is 19.4 Å². The number of nitriles is 2. The van der Waals surface area contributed by atoms with Gasteiger partial charge in [-0.1, -0.05) is 0 Å². The number of hydrogen-bond donors (Lipinski definition) is 1. The molecule has 0 aliphatic carbocycles. The van der Waals surface area contributed by atoms with Gasteiger partial charge in [0.2, 0.25) is 0 Å². The number of rotatable bonds is 7. The van der Waals surface area contributed by atoms with Gasteiger partial charge in [-0.05, 0) is 107 Å². The molecule has 0 aliphatic heterocycles. The normalized spacial score (nSPS) is 10.0. The summed E-state index contributed by atoms with van der Waals surface area (Å²) in [4.78, 5) is 0. The number of ether oxygens (including phenoxy) is 2. The van der Waals surface area contributed by atoms with Gasteiger partial charge in [-0.2, -0.15) is 15.1 Å². The first-order chi connectivity index (χ1) is 16.5. The zero-order valence-electron chi connectivity index (χ0n) is 17.6. The summed E-state index contributed by atoms with van der Waals surface area (Å²) in [5.74, 6) is 2.54. The minimum absolute atomic E-state index is 0.569. The van der Waals surface area contributed by atoms with Crippen molar-refractivity contribution in [3.05, 3.63) is 107 Å². The third kappa shape index (κ3) is 5.79. The molecule has 4 rings (SSSR count). The largest absolute Gasteiger partial charge is 0.457 e. The third-order valence-corrected chi connectivity index (χ3v) is 5.55. The first kappa shape index (κ1) is 23.0. The van der Waals surface area contributed by atoms with Gasteiger partial charge < -0.3 is 9.47 Å². The van der Waals surface area contributed by atoms with Crippen LogP contribution in [-0.2, 0) is 0 Å². The number of hydrogen-bond acceptors (Lipinski definition) is 6. The van der Waals surface area contributed by atoms with E-state index in [9.17, 15) is 0 Å². The molecular weight excluding hydrogens is 516 g/mol. The van der Waals surface area contributed by atoms with Crippen molar-refractivity contribution in [1.82, 2.24) is 0 Å². The highest BCUT2D eigenvalue weighted by Crippen LogP contribution is 2.34. The molecule has 4 aromatic carbocycles. The van der Waals surface area contributed by atoms with Crippen molar-refractivity contribution in [2.24, 2.45) is 0 Å². The predicted octanol–water partition coefficient (Wildman–Crippen LogP) is 7.76. The summed E-state index contributed by atoms with van der Waals surface area (Å²) in [6.45, 7) is 0. The molecule has 0 aliphatic rings. The van der Waals surface area contributed by atoms with Crippen molar-refractivity contribution in [1.29, 1.82) is 10.5 Å². The minimum atomic E-state index is 0.569. The molecule has 0 bridgehead atoms. The highest BCUT2D eigenvalue weighted by atomic mass is 79.9. The topological polar surface area (TPSA) is 81.3 Å². The van der Waals surface area contributed by atoms with E-state index in [1.54, 1.807) is 54.6 Å². The first-order valence-electron chi connectivity index (χ1n) is 10.0. The molecule has 0 aromatic heterocycles. The van der Waals surface area contributed by atoms with Gasteiger partial charge in [-0.15, -0.1) is 0 Å². The van der Waals surface area contributed by atoms with Crippen LogP contribution in [0.15, 0.2) is 95.5 Å². The molecule has 0 radical (unpaired) electrons. The lowest BCUT2D eigenvalue weighted by molar-refractivity contribution is 0.479. The first-order valence-corrected chi connectivity index (χ1v) is 11.2. The maximum Gasteiger partial charge on any atom is 0.141 e. The van der Waals surface area contributed by atoms with E-state index >= 15 is 0 Å². The van der Waals surface area contributed by atoms with Crippen LogP contribution in [0.25, 0.3) is 0 Å². The van der Waals surface area contributed by atoms with Crippen LogP contribution in [0, 0.1) is 22.7 Å². The molecule has 1 N–H and O–H groups in total. The van der Waals surface area contributed by atoms with Crippen molar-refractivity contribution in [2.75, 3.05) is 9.95 Å². The van der Waals surface area contributed by atoms with Crippen molar-refractivity contribution in [2.45, 2.75) is 0 Å². The van der Waals surface area contributed by atoms with Crippen LogP contribution in [0.1, 0.15) is 11.1 Å². The molecule has 0 heterocycles. The number of nitrogens with one attached hydrogen (secondary N) is 1. The van der Waals surface area contributed by atoms with E-state index < -0.39 is 0 Å². The summed E-state index contributed by atoms with van der Waals surface area (Å²) in [7, 11) is 0. The van der Waals surface area contributed by atoms with Crippen LogP contribution in [-0.4, -0.2) is 0 Å². The van der Waals surface area contributed by atoms with E-state index in [4.69, 9.17) is 31.8 Å². The Morgan fingerprint density at radius 1 is 0.706 bits per heavy atom. The average Bonchev–Trinajstić information content (AvgIpc) is 2.87. The minimum Gasteiger partial charge on any atom is -0.457 e. The predicted molar refractivity (Wildman–Crippen MR) is 135 cm³/mol. The molecule has 0 atom stereocenters. The molecule has 8 heteroatoms. The van der Waals surface area contributed by atoms with Crippen LogP contribution in [0.3, 0.4) is 0 Å². The molecule has 0 fully saturated rings. The van der Waals surface area contributed by atoms with Gasteiger partial charge in [0.1, 0.15) is 23.0 Å². The Balaban J connectivity index is 1.37. The van der Waals surface area contributed by atoms with E-state index in [2.05, 4.69) is 33.5 Å². The maximum atomic E-state index is 8.90. The van der Waals surface area contributed by atoms with Gasteiger partial charge in [0.05, 0.1) is 39.1 Å². The Bertz CT molecular complexity index is 1360. The smallest absolute Gasteiger partial charge is 0.141 e. The third-order valence-electron chi connectivity index (χ3n) is 4.65. The summed E-state index contributed by atoms with van der Waals surface area (Å²) in [6.07, 6.45) is 0. The van der Waals surface area contributed by atoms with Gasteiger partial charge >= 0.3 is 0 Å². The fourth-order valence-corrected chi connectivity index (χ4v) is 3.58. The number of hydrazine groups is 1. The van der Waals surface area contributed by atoms with Gasteiger partial charge in [0.25, 0.3) is 0 Å². The Morgan fingerprint density at radius 3 is 1.71 bits per heavy atom. The van der Waals surface area contributed by atoms with Crippen LogP contribution >= 0.6 is 27.7 Å². The highest BCUT2D eigenvalue weighted by Gasteiger charge is 2.10. The molecule has 0 amide bonds. The standard InChI is InChI=1S/C26H16BrClN4O2/c27-25-15-21(7-14-26(25)34-24-10-3-19(17-30)4-11-24)32(28)31-20-5-12-23(13-6-20)33-22-8-1-18(16-29)2-9-22/h1-15,31H. The SMILES string of the molecule is N#Cc1ccc(Oc2ccc(NN(Cl)c3ccc(Oc4ccc(C#N)cc4)c(Br)c3)cc2)cc1. The zero-order valence-corrected chi connectivity index (χ0v) is 19.9. The van der Waals surface area contributed by atoms with E-state index in [0.29, 0.717) is 44.3 Å². The Kier molecular flexibility index (Phi) is 7.19. The van der Waals surface area contributed by atoms with E-state index in [0.717, 1.165) is 5.69 Å². The quantitative estimate of drug-likeness (QED) is 0.194. The summed E-state index contributed by atoms with van der Waals surface area (Å²) in [6, 6.07) is 30.7. The molecule has 166 valence electrons. The van der Waals surface area contributed by atoms with Crippen LogP contribution in [0.2, 0.25) is 0 Å². The lowest BCUT2D eigenvalue weighted by Crippen LogP contribution is -2.18. The zero-order chi connectivity index (χ0) is 23.9. The number of anilines is 2. The van der Waals surface area contributed by atoms with Gasteiger partial charge in [-0.3, -0.25) is 5.43 Å². The highest BCUT2D eigenvalue weighted by molar-refractivity contribution is 9.10. The Labute approximate surface area is 210 Å². The molecule has 0 unspecified atom stereocenters. The van der Waals surface area contributed by atoms with Crippen molar-refractivity contribution in [3.63, 3.8) is 0 Å². The molecule has 6 nitrogen and oxygen atoms in total.